The van der Waals surface area contributed by atoms with E-state index < -0.39 is 16.8 Å². The zero-order valence-corrected chi connectivity index (χ0v) is 8.48. The van der Waals surface area contributed by atoms with E-state index in [9.17, 15) is 14.5 Å². The minimum Gasteiger partial charge on any atom is -0.371 e. The molecule has 1 aliphatic heterocycles. The van der Waals surface area contributed by atoms with E-state index in [-0.39, 0.29) is 11.3 Å². The van der Waals surface area contributed by atoms with Crippen LogP contribution in [0.15, 0.2) is 18.2 Å². The normalized spacial score (nSPS) is 20.7. The summed E-state index contributed by atoms with van der Waals surface area (Å²) in [6, 6.07) is 3.48. The minimum atomic E-state index is -0.542. The molecule has 0 aromatic heterocycles. The summed E-state index contributed by atoms with van der Waals surface area (Å²) in [4.78, 5) is 10.0. The molecule has 86 valence electrons. The van der Waals surface area contributed by atoms with Crippen LogP contribution in [0.25, 0.3) is 0 Å². The first-order valence-corrected chi connectivity index (χ1v) is 4.94. The molecule has 0 saturated carbocycles. The van der Waals surface area contributed by atoms with Crippen LogP contribution in [0, 0.1) is 15.9 Å². The number of hydrogen-bond donors (Lipinski definition) is 1. The summed E-state index contributed by atoms with van der Waals surface area (Å²) in [7, 11) is 0. The molecule has 0 aliphatic carbocycles. The van der Waals surface area contributed by atoms with E-state index in [0.29, 0.717) is 19.7 Å². The van der Waals surface area contributed by atoms with Gasteiger partial charge in [-0.1, -0.05) is 0 Å². The van der Waals surface area contributed by atoms with Crippen LogP contribution in [0.4, 0.5) is 10.1 Å². The predicted octanol–water partition coefficient (Wildman–Crippen LogP) is 1.39. The summed E-state index contributed by atoms with van der Waals surface area (Å²) in [5, 5.41) is 13.6. The Kier molecular flexibility index (Phi) is 3.12. The Hall–Kier alpha value is -1.53. The van der Waals surface area contributed by atoms with Gasteiger partial charge in [0.1, 0.15) is 5.82 Å². The van der Waals surface area contributed by atoms with E-state index in [1.165, 1.54) is 6.07 Å². The summed E-state index contributed by atoms with van der Waals surface area (Å²) in [5.41, 5.74) is 0.118. The average Bonchev–Trinajstić information content (AvgIpc) is 2.30. The van der Waals surface area contributed by atoms with Gasteiger partial charge in [-0.2, -0.15) is 0 Å². The van der Waals surface area contributed by atoms with Crippen LogP contribution >= 0.6 is 0 Å². The van der Waals surface area contributed by atoms with Crippen molar-refractivity contribution in [2.45, 2.75) is 6.10 Å². The monoisotopic (exact) mass is 226 g/mol. The molecule has 0 bridgehead atoms. The van der Waals surface area contributed by atoms with Gasteiger partial charge in [0.2, 0.25) is 0 Å². The van der Waals surface area contributed by atoms with E-state index in [2.05, 4.69) is 5.32 Å². The molecule has 1 aromatic rings. The molecule has 0 amide bonds. The van der Waals surface area contributed by atoms with Gasteiger partial charge >= 0.3 is 0 Å². The summed E-state index contributed by atoms with van der Waals surface area (Å²) in [6.45, 7) is 1.66. The number of nitrogens with one attached hydrogen (secondary N) is 1. The van der Waals surface area contributed by atoms with Gasteiger partial charge in [0.25, 0.3) is 5.69 Å². The van der Waals surface area contributed by atoms with E-state index in [4.69, 9.17) is 4.74 Å². The Morgan fingerprint density at radius 1 is 1.56 bits per heavy atom. The molecule has 1 heterocycles. The highest BCUT2D eigenvalue weighted by Gasteiger charge is 2.21. The molecule has 1 N–H and O–H groups in total. The van der Waals surface area contributed by atoms with Crippen LogP contribution in [0.3, 0.4) is 0 Å². The third-order valence-electron chi connectivity index (χ3n) is 2.46. The second kappa shape index (κ2) is 4.54. The van der Waals surface area contributed by atoms with Crippen LogP contribution in [0.5, 0.6) is 0 Å². The first kappa shape index (κ1) is 11.0. The van der Waals surface area contributed by atoms with Crippen LogP contribution in [-0.4, -0.2) is 24.6 Å². The molecule has 2 rings (SSSR count). The summed E-state index contributed by atoms with van der Waals surface area (Å²) < 4.78 is 18.8. The smallest absolute Gasteiger partial charge is 0.270 e. The first-order valence-electron chi connectivity index (χ1n) is 4.94. The number of hydrogen-bond acceptors (Lipinski definition) is 4. The van der Waals surface area contributed by atoms with Crippen LogP contribution in [-0.2, 0) is 4.74 Å². The Morgan fingerprint density at radius 2 is 2.38 bits per heavy atom. The van der Waals surface area contributed by atoms with Crippen molar-refractivity contribution >= 4 is 5.69 Å². The SMILES string of the molecule is O=[N+]([O-])c1ccc(F)c(C2CNCCO2)c1. The number of nitro benzene ring substituents is 1. The molecule has 6 heteroatoms. The van der Waals surface area contributed by atoms with Crippen molar-refractivity contribution < 1.29 is 14.1 Å². The number of ether oxygens (including phenoxy) is 1. The van der Waals surface area contributed by atoms with Gasteiger partial charge in [-0.3, -0.25) is 10.1 Å². The molecule has 0 spiro atoms. The number of morpholine rings is 1. The molecule has 1 unspecified atom stereocenters. The van der Waals surface area contributed by atoms with E-state index in [1.807, 2.05) is 0 Å². The Morgan fingerprint density at radius 3 is 3.00 bits per heavy atom. The van der Waals surface area contributed by atoms with Gasteiger partial charge in [0.15, 0.2) is 0 Å². The van der Waals surface area contributed by atoms with Gasteiger partial charge in [0.05, 0.1) is 17.6 Å². The molecular weight excluding hydrogens is 215 g/mol. The highest BCUT2D eigenvalue weighted by molar-refractivity contribution is 5.36. The lowest BCUT2D eigenvalue weighted by atomic mass is 10.1. The third kappa shape index (κ3) is 2.17. The minimum absolute atomic E-state index is 0.120. The van der Waals surface area contributed by atoms with Gasteiger partial charge < -0.3 is 10.1 Å². The van der Waals surface area contributed by atoms with Crippen LogP contribution in [0.2, 0.25) is 0 Å². The number of non-ortho nitro benzene ring substituents is 1. The van der Waals surface area contributed by atoms with Gasteiger partial charge in [-0.15, -0.1) is 0 Å². The van der Waals surface area contributed by atoms with E-state index in [0.717, 1.165) is 12.1 Å². The third-order valence-corrected chi connectivity index (χ3v) is 2.46. The second-order valence-corrected chi connectivity index (χ2v) is 3.53. The van der Waals surface area contributed by atoms with Gasteiger partial charge in [-0.25, -0.2) is 4.39 Å². The van der Waals surface area contributed by atoms with E-state index in [1.54, 1.807) is 0 Å². The van der Waals surface area contributed by atoms with Crippen molar-refractivity contribution in [1.29, 1.82) is 0 Å². The maximum atomic E-state index is 13.5. The van der Waals surface area contributed by atoms with Crippen molar-refractivity contribution in [3.8, 4) is 0 Å². The Labute approximate surface area is 91.4 Å². The lowest BCUT2D eigenvalue weighted by Crippen LogP contribution is -2.33. The van der Waals surface area contributed by atoms with Crippen LogP contribution in [0.1, 0.15) is 11.7 Å². The first-order chi connectivity index (χ1) is 7.68. The molecule has 16 heavy (non-hydrogen) atoms. The highest BCUT2D eigenvalue weighted by atomic mass is 19.1. The van der Waals surface area contributed by atoms with Crippen molar-refractivity contribution in [1.82, 2.24) is 5.32 Å². The number of rotatable bonds is 2. The molecular formula is C10H11FN2O3. The lowest BCUT2D eigenvalue weighted by molar-refractivity contribution is -0.385. The molecule has 5 nitrogen and oxygen atoms in total. The Bertz CT molecular complexity index is 405. The largest absolute Gasteiger partial charge is 0.371 e. The fourth-order valence-corrected chi connectivity index (χ4v) is 1.66. The molecule has 1 saturated heterocycles. The number of nitrogens with zero attached hydrogens (tertiary/aromatic N) is 1. The maximum Gasteiger partial charge on any atom is 0.270 e. The molecule has 1 aliphatic rings. The zero-order valence-electron chi connectivity index (χ0n) is 8.48. The molecule has 0 radical (unpaired) electrons. The summed E-state index contributed by atoms with van der Waals surface area (Å²) in [5.74, 6) is -0.473. The highest BCUT2D eigenvalue weighted by Crippen LogP contribution is 2.25. The predicted molar refractivity (Wildman–Crippen MR) is 54.6 cm³/mol. The fourth-order valence-electron chi connectivity index (χ4n) is 1.66. The second-order valence-electron chi connectivity index (χ2n) is 3.53. The molecule has 1 aromatic carbocycles. The zero-order chi connectivity index (χ0) is 11.5. The van der Waals surface area contributed by atoms with Crippen molar-refractivity contribution in [3.05, 3.63) is 39.7 Å². The van der Waals surface area contributed by atoms with Crippen molar-refractivity contribution in [2.24, 2.45) is 0 Å². The number of halogens is 1. The molecule has 1 fully saturated rings. The lowest BCUT2D eigenvalue weighted by Gasteiger charge is -2.24. The number of nitro groups is 1. The fraction of sp³-hybridized carbons (Fsp3) is 0.400. The maximum absolute atomic E-state index is 13.5. The van der Waals surface area contributed by atoms with Gasteiger partial charge in [0, 0.05) is 30.8 Å². The van der Waals surface area contributed by atoms with E-state index >= 15 is 0 Å². The average molecular weight is 226 g/mol. The quantitative estimate of drug-likeness (QED) is 0.611. The van der Waals surface area contributed by atoms with Crippen molar-refractivity contribution in [3.63, 3.8) is 0 Å². The summed E-state index contributed by atoms with van der Waals surface area (Å²) >= 11 is 0. The molecule has 1 atom stereocenters. The topological polar surface area (TPSA) is 64.4 Å². The number of benzene rings is 1. The van der Waals surface area contributed by atoms with Crippen LogP contribution < -0.4 is 5.32 Å². The summed E-state index contributed by atoms with van der Waals surface area (Å²) in [6.07, 6.45) is -0.450. The van der Waals surface area contributed by atoms with Crippen molar-refractivity contribution in [2.75, 3.05) is 19.7 Å². The van der Waals surface area contributed by atoms with Gasteiger partial charge in [-0.05, 0) is 6.07 Å². The Balaban J connectivity index is 2.30. The standard InChI is InChI=1S/C10H11FN2O3/c11-9-2-1-7(13(14)15)5-8(9)10-6-12-3-4-16-10/h1-2,5,10,12H,3-4,6H2.